The minimum atomic E-state index is -0.233. The second-order valence-electron chi connectivity index (χ2n) is 7.79. The maximum atomic E-state index is 11.9. The molecule has 9 heteroatoms. The molecule has 1 amide bonds. The third-order valence-corrected chi connectivity index (χ3v) is 5.50. The molecule has 8 nitrogen and oxygen atoms in total. The van der Waals surface area contributed by atoms with Crippen LogP contribution in [0.1, 0.15) is 37.8 Å². The van der Waals surface area contributed by atoms with Gasteiger partial charge >= 0.3 is 6.09 Å². The zero-order chi connectivity index (χ0) is 21.9. The number of halogens is 1. The van der Waals surface area contributed by atoms with Crippen LogP contribution in [0.4, 0.5) is 4.79 Å². The molecule has 0 atom stereocenters. The van der Waals surface area contributed by atoms with E-state index in [0.29, 0.717) is 39.0 Å². The molecule has 1 N–H and O–H groups in total. The third-order valence-electron chi connectivity index (χ3n) is 5.50. The summed E-state index contributed by atoms with van der Waals surface area (Å²) in [6.45, 7) is 10.7. The maximum absolute atomic E-state index is 11.9. The average molecular weight is 560 g/mol. The van der Waals surface area contributed by atoms with E-state index >= 15 is 0 Å². The molecule has 1 aromatic carbocycles. The first-order chi connectivity index (χ1) is 15.2. The molecule has 0 aliphatic carbocycles. The molecule has 3 rings (SSSR count). The van der Waals surface area contributed by atoms with Crippen LogP contribution < -0.4 is 5.32 Å². The summed E-state index contributed by atoms with van der Waals surface area (Å²) in [5.41, 5.74) is 2.33. The summed E-state index contributed by atoms with van der Waals surface area (Å²) >= 11 is 0. The van der Waals surface area contributed by atoms with Crippen molar-refractivity contribution in [1.82, 2.24) is 15.1 Å². The molecule has 0 aromatic heterocycles. The highest BCUT2D eigenvalue weighted by molar-refractivity contribution is 14.0. The molecule has 0 bridgehead atoms. The van der Waals surface area contributed by atoms with E-state index in [-0.39, 0.29) is 30.1 Å². The van der Waals surface area contributed by atoms with Gasteiger partial charge in [-0.1, -0.05) is 24.3 Å². The highest BCUT2D eigenvalue weighted by Gasteiger charge is 2.23. The van der Waals surface area contributed by atoms with E-state index < -0.39 is 0 Å². The number of carbonyl (C=O) groups excluding carboxylic acids is 1. The highest BCUT2D eigenvalue weighted by Crippen LogP contribution is 2.15. The molecule has 0 radical (unpaired) electrons. The smallest absolute Gasteiger partial charge is 0.409 e. The van der Waals surface area contributed by atoms with E-state index in [9.17, 15) is 4.79 Å². The van der Waals surface area contributed by atoms with Crippen LogP contribution in [-0.2, 0) is 27.4 Å². The number of benzene rings is 1. The molecule has 0 saturated carbocycles. The Kier molecular flexibility index (Phi) is 12.1. The van der Waals surface area contributed by atoms with E-state index in [1.54, 1.807) is 4.90 Å². The van der Waals surface area contributed by atoms with Crippen LogP contribution in [-0.4, -0.2) is 80.5 Å². The Bertz CT molecular complexity index is 720. The van der Waals surface area contributed by atoms with Crippen LogP contribution >= 0.6 is 24.0 Å². The van der Waals surface area contributed by atoms with Crippen LogP contribution in [0.2, 0.25) is 0 Å². The van der Waals surface area contributed by atoms with Crippen molar-refractivity contribution in [2.24, 2.45) is 4.99 Å². The van der Waals surface area contributed by atoms with E-state index in [1.807, 2.05) is 6.92 Å². The molecule has 0 unspecified atom stereocenters. The van der Waals surface area contributed by atoms with Gasteiger partial charge in [-0.15, -0.1) is 24.0 Å². The predicted molar refractivity (Wildman–Crippen MR) is 135 cm³/mol. The number of rotatable bonds is 7. The monoisotopic (exact) mass is 560 g/mol. The second kappa shape index (κ2) is 14.5. The number of amides is 1. The maximum Gasteiger partial charge on any atom is 0.409 e. The summed E-state index contributed by atoms with van der Waals surface area (Å²) in [7, 11) is 0. The lowest BCUT2D eigenvalue weighted by molar-refractivity contribution is -0.0390. The van der Waals surface area contributed by atoms with E-state index in [0.717, 1.165) is 57.2 Å². The number of ether oxygens (including phenoxy) is 3. The normalized spacial score (nSPS) is 17.6. The summed E-state index contributed by atoms with van der Waals surface area (Å²) in [6, 6.07) is 8.44. The Morgan fingerprint density at radius 3 is 2.50 bits per heavy atom. The summed E-state index contributed by atoms with van der Waals surface area (Å²) in [6.07, 6.45) is 2.01. The second-order valence-corrected chi connectivity index (χ2v) is 7.79. The largest absolute Gasteiger partial charge is 0.450 e. The average Bonchev–Trinajstić information content (AvgIpc) is 2.82. The number of hydrogen-bond donors (Lipinski definition) is 1. The number of nitrogens with one attached hydrogen (secondary N) is 1. The van der Waals surface area contributed by atoms with Crippen LogP contribution in [0.25, 0.3) is 0 Å². The molecule has 2 fully saturated rings. The zero-order valence-electron chi connectivity index (χ0n) is 19.3. The van der Waals surface area contributed by atoms with Crippen molar-refractivity contribution >= 4 is 36.0 Å². The minimum absolute atomic E-state index is 0. The molecule has 2 saturated heterocycles. The number of hydrogen-bond acceptors (Lipinski definition) is 5. The van der Waals surface area contributed by atoms with Crippen LogP contribution in [0.15, 0.2) is 29.3 Å². The number of aliphatic imine (C=N–C) groups is 1. The predicted octanol–water partition coefficient (Wildman–Crippen LogP) is 3.24. The molecule has 2 heterocycles. The fourth-order valence-electron chi connectivity index (χ4n) is 3.78. The number of nitrogens with zero attached hydrogens (tertiary/aromatic N) is 3. The summed E-state index contributed by atoms with van der Waals surface area (Å²) in [5, 5.41) is 3.38. The van der Waals surface area contributed by atoms with Crippen molar-refractivity contribution in [2.45, 2.75) is 45.9 Å². The Labute approximate surface area is 208 Å². The Morgan fingerprint density at radius 1 is 1.12 bits per heavy atom. The van der Waals surface area contributed by atoms with Crippen molar-refractivity contribution in [2.75, 3.05) is 52.5 Å². The lowest BCUT2D eigenvalue weighted by atomic mass is 10.1. The fourth-order valence-corrected chi connectivity index (χ4v) is 3.78. The molecule has 32 heavy (non-hydrogen) atoms. The van der Waals surface area contributed by atoms with Crippen LogP contribution in [0.5, 0.6) is 0 Å². The molecular formula is C23H37IN4O4. The lowest BCUT2D eigenvalue weighted by Crippen LogP contribution is -2.53. The quantitative estimate of drug-likeness (QED) is 0.314. The third kappa shape index (κ3) is 8.40. The molecule has 2 aliphatic heterocycles. The van der Waals surface area contributed by atoms with Gasteiger partial charge in [0.25, 0.3) is 0 Å². The lowest BCUT2D eigenvalue weighted by Gasteiger charge is -2.35. The van der Waals surface area contributed by atoms with Crippen LogP contribution in [0.3, 0.4) is 0 Å². The summed E-state index contributed by atoms with van der Waals surface area (Å²) < 4.78 is 16.6. The van der Waals surface area contributed by atoms with Gasteiger partial charge in [-0.25, -0.2) is 9.79 Å². The Hall–Kier alpha value is -1.59. The van der Waals surface area contributed by atoms with Gasteiger partial charge < -0.3 is 29.3 Å². The molecular weight excluding hydrogens is 523 g/mol. The van der Waals surface area contributed by atoms with E-state index in [4.69, 9.17) is 19.2 Å². The fraction of sp³-hybridized carbons (Fsp3) is 0.652. The summed E-state index contributed by atoms with van der Waals surface area (Å²) in [4.78, 5) is 20.7. The van der Waals surface area contributed by atoms with E-state index in [1.165, 1.54) is 5.56 Å². The van der Waals surface area contributed by atoms with Gasteiger partial charge in [0.05, 0.1) is 25.9 Å². The van der Waals surface area contributed by atoms with Crippen LogP contribution in [0, 0.1) is 0 Å². The topological polar surface area (TPSA) is 75.6 Å². The van der Waals surface area contributed by atoms with Crippen molar-refractivity contribution in [1.29, 1.82) is 0 Å². The van der Waals surface area contributed by atoms with Gasteiger partial charge in [-0.2, -0.15) is 0 Å². The molecule has 0 spiro atoms. The zero-order valence-corrected chi connectivity index (χ0v) is 21.6. The number of carbonyl (C=O) groups is 1. The molecule has 180 valence electrons. The first-order valence-corrected chi connectivity index (χ1v) is 11.4. The van der Waals surface area contributed by atoms with Gasteiger partial charge in [0.15, 0.2) is 5.96 Å². The van der Waals surface area contributed by atoms with Crippen molar-refractivity contribution in [3.8, 4) is 0 Å². The van der Waals surface area contributed by atoms with Crippen molar-refractivity contribution in [3.05, 3.63) is 35.4 Å². The van der Waals surface area contributed by atoms with Gasteiger partial charge in [-0.3, -0.25) is 0 Å². The summed E-state index contributed by atoms with van der Waals surface area (Å²) in [5.74, 6) is 0.884. The van der Waals surface area contributed by atoms with Gasteiger partial charge in [0.1, 0.15) is 0 Å². The number of piperazine rings is 1. The van der Waals surface area contributed by atoms with Gasteiger partial charge in [0.2, 0.25) is 0 Å². The SMILES string of the molecule is CCNC(=NCc1cccc(COC2CCOCC2)c1)N1CCN(C(=O)OCC)CC1.I. The Balaban J connectivity index is 0.00000363. The first kappa shape index (κ1) is 26.7. The molecule has 1 aromatic rings. The first-order valence-electron chi connectivity index (χ1n) is 11.4. The highest BCUT2D eigenvalue weighted by atomic mass is 127. The Morgan fingerprint density at radius 2 is 1.81 bits per heavy atom. The standard InChI is InChI=1S/C23H36N4O4.HI/c1-3-24-22(26-10-12-27(13-11-26)23(28)30-4-2)25-17-19-6-5-7-20(16-19)18-31-21-8-14-29-15-9-21;/h5-7,16,21H,3-4,8-15,17-18H2,1-2H3,(H,24,25);1H. The number of guanidine groups is 1. The van der Waals surface area contributed by atoms with Gasteiger partial charge in [0, 0.05) is 45.9 Å². The van der Waals surface area contributed by atoms with Crippen molar-refractivity contribution in [3.63, 3.8) is 0 Å². The minimum Gasteiger partial charge on any atom is -0.450 e. The van der Waals surface area contributed by atoms with E-state index in [2.05, 4.69) is 41.4 Å². The van der Waals surface area contributed by atoms with Crippen molar-refractivity contribution < 1.29 is 19.0 Å². The van der Waals surface area contributed by atoms with Gasteiger partial charge in [-0.05, 0) is 37.8 Å². The molecule has 2 aliphatic rings.